The molecule has 0 N–H and O–H groups in total. The molecule has 0 amide bonds. The van der Waals surface area contributed by atoms with Crippen molar-refractivity contribution in [1.82, 2.24) is 0 Å². The first-order valence-corrected chi connectivity index (χ1v) is 4.53. The van der Waals surface area contributed by atoms with Crippen LogP contribution in [0.3, 0.4) is 0 Å². The molecular formula is C11H12O3. The molecule has 0 saturated carbocycles. The van der Waals surface area contributed by atoms with Crippen LogP contribution in [0.15, 0.2) is 18.2 Å². The Kier molecular flexibility index (Phi) is 2.25. The summed E-state index contributed by atoms with van der Waals surface area (Å²) in [7, 11) is 1.39. The number of aryl methyl sites for hydroxylation is 1. The van der Waals surface area contributed by atoms with Crippen LogP contribution >= 0.6 is 0 Å². The number of carbonyl (C=O) groups excluding carboxylic acids is 1. The predicted molar refractivity (Wildman–Crippen MR) is 51.2 cm³/mol. The molecule has 1 fully saturated rings. The molecule has 1 aromatic carbocycles. The molecule has 0 unspecified atom stereocenters. The zero-order valence-corrected chi connectivity index (χ0v) is 8.24. The average molecular weight is 192 g/mol. The Balaban J connectivity index is 2.36. The summed E-state index contributed by atoms with van der Waals surface area (Å²) in [6.45, 7) is 2.65. The first-order valence-electron chi connectivity index (χ1n) is 4.53. The minimum atomic E-state index is -0.287. The number of ether oxygens (including phenoxy) is 2. The molecule has 1 saturated heterocycles. The van der Waals surface area contributed by atoms with Gasteiger partial charge in [-0.2, -0.15) is 0 Å². The van der Waals surface area contributed by atoms with E-state index in [0.717, 1.165) is 17.7 Å². The lowest BCUT2D eigenvalue weighted by molar-refractivity contribution is 0.0600. The van der Waals surface area contributed by atoms with Crippen molar-refractivity contribution in [2.75, 3.05) is 13.7 Å². The van der Waals surface area contributed by atoms with Crippen molar-refractivity contribution in [3.05, 3.63) is 34.9 Å². The molecule has 14 heavy (non-hydrogen) atoms. The maximum absolute atomic E-state index is 11.4. The van der Waals surface area contributed by atoms with E-state index >= 15 is 0 Å². The Morgan fingerprint density at radius 1 is 1.57 bits per heavy atom. The first-order chi connectivity index (χ1) is 6.72. The topological polar surface area (TPSA) is 38.8 Å². The van der Waals surface area contributed by atoms with Gasteiger partial charge in [0.25, 0.3) is 0 Å². The molecule has 0 aromatic heterocycles. The second kappa shape index (κ2) is 3.42. The zero-order chi connectivity index (χ0) is 10.1. The zero-order valence-electron chi connectivity index (χ0n) is 8.24. The Morgan fingerprint density at radius 2 is 2.29 bits per heavy atom. The van der Waals surface area contributed by atoms with Gasteiger partial charge in [-0.3, -0.25) is 0 Å². The number of rotatable bonds is 2. The van der Waals surface area contributed by atoms with Gasteiger partial charge in [0.1, 0.15) is 6.10 Å². The van der Waals surface area contributed by atoms with Crippen LogP contribution in [-0.2, 0) is 9.47 Å². The van der Waals surface area contributed by atoms with E-state index in [-0.39, 0.29) is 12.1 Å². The Labute approximate surface area is 82.6 Å². The van der Waals surface area contributed by atoms with Gasteiger partial charge in [-0.25, -0.2) is 4.79 Å². The summed E-state index contributed by atoms with van der Waals surface area (Å²) in [5, 5.41) is 0. The molecule has 0 bridgehead atoms. The second-order valence-corrected chi connectivity index (χ2v) is 3.39. The summed E-state index contributed by atoms with van der Waals surface area (Å²) < 4.78 is 9.84. The number of hydrogen-bond donors (Lipinski definition) is 0. The molecule has 1 aliphatic heterocycles. The first kappa shape index (κ1) is 9.21. The van der Waals surface area contributed by atoms with Gasteiger partial charge in [0.15, 0.2) is 0 Å². The largest absolute Gasteiger partial charge is 0.465 e. The van der Waals surface area contributed by atoms with Gasteiger partial charge in [0.05, 0.1) is 19.3 Å². The van der Waals surface area contributed by atoms with E-state index in [1.807, 2.05) is 25.1 Å². The summed E-state index contributed by atoms with van der Waals surface area (Å²) in [4.78, 5) is 11.4. The van der Waals surface area contributed by atoms with Crippen molar-refractivity contribution < 1.29 is 14.3 Å². The van der Waals surface area contributed by atoms with Gasteiger partial charge >= 0.3 is 5.97 Å². The SMILES string of the molecule is COC(=O)c1cc([C@@H]2CO2)ccc1C. The minimum absolute atomic E-state index is 0.180. The van der Waals surface area contributed by atoms with E-state index in [1.54, 1.807) is 0 Å². The van der Waals surface area contributed by atoms with E-state index in [2.05, 4.69) is 0 Å². The van der Waals surface area contributed by atoms with Crippen molar-refractivity contribution in [3.8, 4) is 0 Å². The lowest BCUT2D eigenvalue weighted by Gasteiger charge is -2.05. The van der Waals surface area contributed by atoms with Crippen LogP contribution in [0.1, 0.15) is 27.6 Å². The van der Waals surface area contributed by atoms with Gasteiger partial charge in [0, 0.05) is 0 Å². The highest BCUT2D eigenvalue weighted by atomic mass is 16.6. The summed E-state index contributed by atoms with van der Waals surface area (Å²) >= 11 is 0. The third-order valence-corrected chi connectivity index (χ3v) is 2.37. The van der Waals surface area contributed by atoms with Crippen molar-refractivity contribution in [2.45, 2.75) is 13.0 Å². The highest BCUT2D eigenvalue weighted by molar-refractivity contribution is 5.91. The summed E-state index contributed by atoms with van der Waals surface area (Å²) in [5.74, 6) is -0.287. The van der Waals surface area contributed by atoms with Crippen LogP contribution < -0.4 is 0 Å². The maximum atomic E-state index is 11.4. The highest BCUT2D eigenvalue weighted by Gasteiger charge is 2.25. The van der Waals surface area contributed by atoms with Gasteiger partial charge < -0.3 is 9.47 Å². The summed E-state index contributed by atoms with van der Waals surface area (Å²) in [6.07, 6.45) is 0.180. The fourth-order valence-corrected chi connectivity index (χ4v) is 1.41. The molecule has 2 rings (SSSR count). The Morgan fingerprint density at radius 3 is 2.86 bits per heavy atom. The minimum Gasteiger partial charge on any atom is -0.465 e. The van der Waals surface area contributed by atoms with Crippen molar-refractivity contribution in [1.29, 1.82) is 0 Å². The molecule has 0 spiro atoms. The third kappa shape index (κ3) is 1.63. The molecule has 1 aromatic rings. The maximum Gasteiger partial charge on any atom is 0.338 e. The van der Waals surface area contributed by atoms with Crippen molar-refractivity contribution in [2.24, 2.45) is 0 Å². The van der Waals surface area contributed by atoms with Gasteiger partial charge in [0.2, 0.25) is 0 Å². The smallest absolute Gasteiger partial charge is 0.338 e. The number of carbonyl (C=O) groups is 1. The Hall–Kier alpha value is -1.35. The monoisotopic (exact) mass is 192 g/mol. The van der Waals surface area contributed by atoms with E-state index in [4.69, 9.17) is 9.47 Å². The molecule has 1 aliphatic rings. The van der Waals surface area contributed by atoms with Gasteiger partial charge in [-0.1, -0.05) is 12.1 Å². The fraction of sp³-hybridized carbons (Fsp3) is 0.364. The molecule has 0 radical (unpaired) electrons. The molecule has 1 atom stereocenters. The van der Waals surface area contributed by atoms with Crippen LogP contribution in [0.4, 0.5) is 0 Å². The number of benzene rings is 1. The van der Waals surface area contributed by atoms with Crippen LogP contribution in [0.5, 0.6) is 0 Å². The highest BCUT2D eigenvalue weighted by Crippen LogP contribution is 2.30. The average Bonchev–Trinajstić information content (AvgIpc) is 3.01. The number of epoxide rings is 1. The molecule has 74 valence electrons. The fourth-order valence-electron chi connectivity index (χ4n) is 1.41. The van der Waals surface area contributed by atoms with Crippen molar-refractivity contribution >= 4 is 5.97 Å². The Bertz CT molecular complexity index is 367. The lowest BCUT2D eigenvalue weighted by Crippen LogP contribution is -2.04. The molecule has 1 heterocycles. The van der Waals surface area contributed by atoms with Gasteiger partial charge in [-0.05, 0) is 24.1 Å². The molecule has 0 aliphatic carbocycles. The number of methoxy groups -OCH3 is 1. The van der Waals surface area contributed by atoms with E-state index in [1.165, 1.54) is 7.11 Å². The lowest BCUT2D eigenvalue weighted by atomic mass is 10.0. The van der Waals surface area contributed by atoms with Crippen LogP contribution in [-0.4, -0.2) is 19.7 Å². The van der Waals surface area contributed by atoms with Crippen LogP contribution in [0, 0.1) is 6.92 Å². The van der Waals surface area contributed by atoms with E-state index in [0.29, 0.717) is 5.56 Å². The second-order valence-electron chi connectivity index (χ2n) is 3.39. The van der Waals surface area contributed by atoms with E-state index < -0.39 is 0 Å². The third-order valence-electron chi connectivity index (χ3n) is 2.37. The van der Waals surface area contributed by atoms with Gasteiger partial charge in [-0.15, -0.1) is 0 Å². The quantitative estimate of drug-likeness (QED) is 0.530. The summed E-state index contributed by atoms with van der Waals surface area (Å²) in [6, 6.07) is 5.75. The standard InChI is InChI=1S/C11H12O3/c1-7-3-4-8(10-6-14-10)5-9(7)11(12)13-2/h3-5,10H,6H2,1-2H3/t10-/m0/s1. The predicted octanol–water partition coefficient (Wildman–Crippen LogP) is 1.85. The normalized spacial score (nSPS) is 19.1. The number of esters is 1. The van der Waals surface area contributed by atoms with Crippen LogP contribution in [0.25, 0.3) is 0 Å². The van der Waals surface area contributed by atoms with Crippen molar-refractivity contribution in [3.63, 3.8) is 0 Å². The summed E-state index contributed by atoms with van der Waals surface area (Å²) in [5.41, 5.74) is 2.61. The van der Waals surface area contributed by atoms with E-state index in [9.17, 15) is 4.79 Å². The molecule has 3 heteroatoms. The molecule has 3 nitrogen and oxygen atoms in total. The number of hydrogen-bond acceptors (Lipinski definition) is 3. The van der Waals surface area contributed by atoms with Crippen LogP contribution in [0.2, 0.25) is 0 Å². The molecular weight excluding hydrogens is 180 g/mol.